The molecule has 0 bridgehead atoms. The van der Waals surface area contributed by atoms with Gasteiger partial charge in [-0.25, -0.2) is 13.1 Å². The molecule has 28 heavy (non-hydrogen) atoms. The van der Waals surface area contributed by atoms with Crippen molar-refractivity contribution in [1.82, 2.24) is 4.72 Å². The summed E-state index contributed by atoms with van der Waals surface area (Å²) >= 11 is 0. The zero-order valence-corrected chi connectivity index (χ0v) is 16.8. The van der Waals surface area contributed by atoms with Crippen molar-refractivity contribution in [2.45, 2.75) is 44.4 Å². The van der Waals surface area contributed by atoms with Gasteiger partial charge < -0.3 is 15.9 Å². The van der Waals surface area contributed by atoms with E-state index in [0.29, 0.717) is 18.4 Å². The molecule has 0 aliphatic rings. The molecule has 0 saturated carbocycles. The Labute approximate surface area is 165 Å². The van der Waals surface area contributed by atoms with E-state index in [9.17, 15) is 23.4 Å². The van der Waals surface area contributed by atoms with Crippen molar-refractivity contribution in [3.05, 3.63) is 41.5 Å². The number of phenols is 2. The Kier molecular flexibility index (Phi) is 7.04. The molecule has 7 nitrogen and oxygen atoms in total. The predicted octanol–water partition coefficient (Wildman–Crippen LogP) is 2.57. The number of aromatic hydroxyl groups is 2. The maximum atomic E-state index is 12.8. The molecule has 0 fully saturated rings. The van der Waals surface area contributed by atoms with Gasteiger partial charge in [-0.3, -0.25) is 4.79 Å². The first-order valence-corrected chi connectivity index (χ1v) is 10.6. The van der Waals surface area contributed by atoms with E-state index in [1.807, 2.05) is 24.6 Å². The zero-order chi connectivity index (χ0) is 20.9. The number of rotatable bonds is 8. The van der Waals surface area contributed by atoms with Crippen LogP contribution in [0.15, 0.2) is 35.2 Å². The summed E-state index contributed by atoms with van der Waals surface area (Å²) < 4.78 is 27.5. The molecule has 0 radical (unpaired) electrons. The molecule has 0 aromatic heterocycles. The molecule has 2 rings (SSSR count). The van der Waals surface area contributed by atoms with Crippen LogP contribution >= 0.6 is 0 Å². The van der Waals surface area contributed by atoms with E-state index in [-0.39, 0.29) is 16.9 Å². The van der Waals surface area contributed by atoms with Crippen LogP contribution < -0.4 is 10.5 Å². The topological polar surface area (TPSA) is 130 Å². The van der Waals surface area contributed by atoms with Crippen molar-refractivity contribution in [2.24, 2.45) is 5.73 Å². The molecule has 2 aromatic carbocycles. The molecular weight excluding hydrogens is 380 g/mol. The highest BCUT2D eigenvalue weighted by Gasteiger charge is 2.29. The lowest BCUT2D eigenvalue weighted by atomic mass is 9.97. The van der Waals surface area contributed by atoms with Gasteiger partial charge in [0.2, 0.25) is 5.91 Å². The van der Waals surface area contributed by atoms with Gasteiger partial charge in [-0.05, 0) is 37.0 Å². The number of benzene rings is 2. The number of amides is 1. The molecular formula is C20H26N2O5S. The predicted molar refractivity (Wildman–Crippen MR) is 108 cm³/mol. The van der Waals surface area contributed by atoms with Gasteiger partial charge in [0.15, 0.2) is 0 Å². The number of aryl methyl sites for hydroxylation is 2. The molecule has 1 amide bonds. The van der Waals surface area contributed by atoms with Gasteiger partial charge in [0.25, 0.3) is 10.0 Å². The number of carbonyl (C=O) groups excluding carboxylic acids is 1. The monoisotopic (exact) mass is 406 g/mol. The molecule has 0 spiro atoms. The largest absolute Gasteiger partial charge is 0.507 e. The van der Waals surface area contributed by atoms with E-state index >= 15 is 0 Å². The van der Waals surface area contributed by atoms with Crippen LogP contribution in [0.25, 0.3) is 11.1 Å². The molecule has 0 unspecified atom stereocenters. The zero-order valence-electron chi connectivity index (χ0n) is 16.0. The Hall–Kier alpha value is -2.58. The summed E-state index contributed by atoms with van der Waals surface area (Å²) in [6, 6.07) is 8.31. The van der Waals surface area contributed by atoms with Crippen LogP contribution in [0.5, 0.6) is 11.5 Å². The van der Waals surface area contributed by atoms with Gasteiger partial charge in [-0.1, -0.05) is 49.6 Å². The number of hydrogen-bond donors (Lipinski definition) is 4. The molecule has 0 aliphatic heterocycles. The summed E-state index contributed by atoms with van der Waals surface area (Å²) in [5.41, 5.74) is 6.81. The molecule has 5 N–H and O–H groups in total. The van der Waals surface area contributed by atoms with Crippen molar-refractivity contribution < 1.29 is 23.4 Å². The van der Waals surface area contributed by atoms with Crippen molar-refractivity contribution in [2.75, 3.05) is 6.54 Å². The minimum absolute atomic E-state index is 0.00325. The van der Waals surface area contributed by atoms with Crippen molar-refractivity contribution in [3.8, 4) is 22.6 Å². The van der Waals surface area contributed by atoms with E-state index in [2.05, 4.69) is 0 Å². The molecule has 0 heterocycles. The second kappa shape index (κ2) is 9.07. The van der Waals surface area contributed by atoms with Gasteiger partial charge in [0, 0.05) is 0 Å². The Balaban J connectivity index is 2.70. The summed E-state index contributed by atoms with van der Waals surface area (Å²) in [7, 11) is -4.37. The smallest absolute Gasteiger partial charge is 0.268 e. The second-order valence-electron chi connectivity index (χ2n) is 6.67. The Morgan fingerprint density at radius 2 is 1.89 bits per heavy atom. The van der Waals surface area contributed by atoms with Crippen LogP contribution in [0.2, 0.25) is 0 Å². The number of hydrogen-bond acceptors (Lipinski definition) is 6. The van der Waals surface area contributed by atoms with Crippen molar-refractivity contribution >= 4 is 15.9 Å². The van der Waals surface area contributed by atoms with E-state index in [1.165, 1.54) is 6.07 Å². The first-order valence-electron chi connectivity index (χ1n) is 9.11. The number of nitrogens with one attached hydrogen (secondary N) is 1. The third-order valence-corrected chi connectivity index (χ3v) is 5.86. The highest BCUT2D eigenvalue weighted by Crippen LogP contribution is 2.44. The highest BCUT2D eigenvalue weighted by molar-refractivity contribution is 7.90. The first kappa shape index (κ1) is 21.7. The Bertz CT molecular complexity index is 971. The molecule has 0 aliphatic carbocycles. The van der Waals surface area contributed by atoms with Crippen LogP contribution in [0.3, 0.4) is 0 Å². The third-order valence-electron chi connectivity index (χ3n) is 4.37. The summed E-state index contributed by atoms with van der Waals surface area (Å²) in [5.74, 6) is -1.70. The van der Waals surface area contributed by atoms with E-state index in [4.69, 9.17) is 5.73 Å². The average Bonchev–Trinajstić information content (AvgIpc) is 2.61. The SMILES string of the molecule is CCCCCc1cc(O)c(-c2cccc(C)c2)c(O)c1S(=O)(=O)NC(=O)CN. The van der Waals surface area contributed by atoms with Crippen LogP contribution in [0.4, 0.5) is 0 Å². The van der Waals surface area contributed by atoms with Crippen LogP contribution in [-0.2, 0) is 21.2 Å². The summed E-state index contributed by atoms with van der Waals surface area (Å²) in [6.07, 6.45) is 2.78. The quantitative estimate of drug-likeness (QED) is 0.499. The summed E-state index contributed by atoms with van der Waals surface area (Å²) in [6.45, 7) is 3.35. The third kappa shape index (κ3) is 4.82. The van der Waals surface area contributed by atoms with Crippen molar-refractivity contribution in [1.29, 1.82) is 0 Å². The number of sulfonamides is 1. The van der Waals surface area contributed by atoms with Gasteiger partial charge in [0.1, 0.15) is 16.4 Å². The highest BCUT2D eigenvalue weighted by atomic mass is 32.2. The molecule has 152 valence electrons. The summed E-state index contributed by atoms with van der Waals surface area (Å²) in [4.78, 5) is 11.2. The second-order valence-corrected chi connectivity index (χ2v) is 8.29. The van der Waals surface area contributed by atoms with Crippen LogP contribution in [-0.4, -0.2) is 31.1 Å². The summed E-state index contributed by atoms with van der Waals surface area (Å²) in [5, 5.41) is 21.4. The fourth-order valence-electron chi connectivity index (χ4n) is 3.07. The lowest BCUT2D eigenvalue weighted by Crippen LogP contribution is -2.35. The number of nitrogens with two attached hydrogens (primary N) is 1. The fraction of sp³-hybridized carbons (Fsp3) is 0.350. The van der Waals surface area contributed by atoms with Gasteiger partial charge in [-0.15, -0.1) is 0 Å². The number of phenolic OH excluding ortho intramolecular Hbond substituents is 2. The Morgan fingerprint density at radius 1 is 1.18 bits per heavy atom. The molecule has 0 atom stereocenters. The van der Waals surface area contributed by atoms with E-state index in [1.54, 1.807) is 18.2 Å². The van der Waals surface area contributed by atoms with E-state index in [0.717, 1.165) is 18.4 Å². The van der Waals surface area contributed by atoms with Crippen LogP contribution in [0.1, 0.15) is 37.3 Å². The minimum atomic E-state index is -4.37. The lowest BCUT2D eigenvalue weighted by Gasteiger charge is -2.17. The van der Waals surface area contributed by atoms with Gasteiger partial charge in [-0.2, -0.15) is 0 Å². The maximum Gasteiger partial charge on any atom is 0.268 e. The van der Waals surface area contributed by atoms with Gasteiger partial charge in [0.05, 0.1) is 12.1 Å². The molecule has 0 saturated heterocycles. The van der Waals surface area contributed by atoms with Crippen LogP contribution in [0, 0.1) is 6.92 Å². The minimum Gasteiger partial charge on any atom is -0.507 e. The maximum absolute atomic E-state index is 12.8. The number of carbonyl (C=O) groups is 1. The molecule has 8 heteroatoms. The van der Waals surface area contributed by atoms with Gasteiger partial charge >= 0.3 is 0 Å². The van der Waals surface area contributed by atoms with Crippen molar-refractivity contribution in [3.63, 3.8) is 0 Å². The Morgan fingerprint density at radius 3 is 2.50 bits per heavy atom. The standard InChI is InChI=1S/C20H26N2O5S/c1-3-4-5-8-15-11-16(23)18(14-9-6-7-13(2)10-14)19(25)20(15)28(26,27)22-17(24)12-21/h6-7,9-11,23,25H,3-5,8,12,21H2,1-2H3,(H,22,24). The molecule has 2 aromatic rings. The first-order chi connectivity index (χ1) is 13.2. The van der Waals surface area contributed by atoms with E-state index < -0.39 is 33.1 Å². The fourth-order valence-corrected chi connectivity index (χ4v) is 4.42. The number of unbranched alkanes of at least 4 members (excludes halogenated alkanes) is 2. The normalized spacial score (nSPS) is 11.4. The lowest BCUT2D eigenvalue weighted by molar-refractivity contribution is -0.118. The average molecular weight is 407 g/mol.